The number of likely N-dealkylation sites (N-methyl/N-ethyl adjacent to an activating group) is 1. The Labute approximate surface area is 158 Å². The maximum atomic E-state index is 12.9. The molecule has 0 radical (unpaired) electrons. The largest absolute Gasteiger partial charge is 0.337 e. The minimum atomic E-state index is -0.184. The Morgan fingerprint density at radius 1 is 1.23 bits per heavy atom. The molecule has 3 rings (SSSR count). The van der Waals surface area contributed by atoms with Crippen LogP contribution in [0.2, 0.25) is 0 Å². The van der Waals surface area contributed by atoms with Crippen LogP contribution in [0, 0.1) is 0 Å². The van der Waals surface area contributed by atoms with E-state index in [1.165, 1.54) is 16.9 Å². The number of benzene rings is 1. The van der Waals surface area contributed by atoms with E-state index in [2.05, 4.69) is 17.6 Å². The zero-order valence-electron chi connectivity index (χ0n) is 15.2. The van der Waals surface area contributed by atoms with Gasteiger partial charge in [-0.15, -0.1) is 11.3 Å². The van der Waals surface area contributed by atoms with Crippen LogP contribution in [0.5, 0.6) is 0 Å². The van der Waals surface area contributed by atoms with E-state index in [1.54, 1.807) is 6.07 Å². The molecule has 2 heterocycles. The van der Waals surface area contributed by atoms with Crippen LogP contribution >= 0.6 is 11.3 Å². The third-order valence-corrected chi connectivity index (χ3v) is 5.69. The molecule has 138 valence electrons. The molecule has 5 nitrogen and oxygen atoms in total. The first-order valence-corrected chi connectivity index (χ1v) is 9.94. The van der Waals surface area contributed by atoms with Crippen LogP contribution in [-0.2, 0) is 6.42 Å². The molecule has 0 aliphatic carbocycles. The van der Waals surface area contributed by atoms with E-state index >= 15 is 0 Å². The lowest BCUT2D eigenvalue weighted by molar-refractivity contribution is 0.0699. The lowest BCUT2D eigenvalue weighted by Gasteiger charge is -2.32. The maximum Gasteiger partial charge on any atom is 0.256 e. The normalized spacial score (nSPS) is 17.2. The van der Waals surface area contributed by atoms with E-state index in [9.17, 15) is 9.59 Å². The third kappa shape index (κ3) is 4.14. The van der Waals surface area contributed by atoms with Gasteiger partial charge in [0, 0.05) is 24.7 Å². The number of carbonyl (C=O) groups excluding carboxylic acids is 2. The first kappa shape index (κ1) is 18.6. The average molecular weight is 372 g/mol. The molecule has 0 saturated carbocycles. The number of nitrogens with one attached hydrogen (secondary N) is 2. The van der Waals surface area contributed by atoms with Crippen molar-refractivity contribution >= 4 is 28.2 Å². The number of carbonyl (C=O) groups is 2. The van der Waals surface area contributed by atoms with Gasteiger partial charge in [-0.05, 0) is 55.5 Å². The van der Waals surface area contributed by atoms with Crippen molar-refractivity contribution in [2.24, 2.45) is 0 Å². The Morgan fingerprint density at radius 2 is 2.00 bits per heavy atom. The fourth-order valence-electron chi connectivity index (χ4n) is 3.21. The van der Waals surface area contributed by atoms with Crippen LogP contribution in [0.4, 0.5) is 5.00 Å². The summed E-state index contributed by atoms with van der Waals surface area (Å²) in [6, 6.07) is 9.70. The Morgan fingerprint density at radius 3 is 2.69 bits per heavy atom. The van der Waals surface area contributed by atoms with Gasteiger partial charge >= 0.3 is 0 Å². The van der Waals surface area contributed by atoms with Crippen LogP contribution in [-0.4, -0.2) is 42.9 Å². The number of rotatable bonds is 5. The summed E-state index contributed by atoms with van der Waals surface area (Å²) in [6.07, 6.45) is 3.02. The molecule has 6 heteroatoms. The first-order valence-electron chi connectivity index (χ1n) is 9.06. The minimum absolute atomic E-state index is 0.0113. The summed E-state index contributed by atoms with van der Waals surface area (Å²) in [6.45, 7) is 3.55. The molecule has 0 spiro atoms. The molecule has 2 amide bonds. The molecule has 1 aliphatic rings. The van der Waals surface area contributed by atoms with E-state index in [4.69, 9.17) is 0 Å². The second kappa shape index (κ2) is 8.47. The number of amides is 2. The van der Waals surface area contributed by atoms with Crippen molar-refractivity contribution in [3.05, 3.63) is 52.4 Å². The lowest BCUT2D eigenvalue weighted by Crippen LogP contribution is -2.47. The number of likely N-dealkylation sites (tertiary alicyclic amines) is 1. The van der Waals surface area contributed by atoms with Gasteiger partial charge in [0.1, 0.15) is 5.00 Å². The van der Waals surface area contributed by atoms with E-state index < -0.39 is 0 Å². The standard InChI is InChI=1S/C20H25N3O2S/c1-3-14-6-8-15(9-7-14)18(24)22-19-17(10-12-26-19)20(25)23-11-4-5-16(13-23)21-2/h6-10,12,16,21H,3-5,11,13H2,1-2H3,(H,22,24). The third-order valence-electron chi connectivity index (χ3n) is 4.86. The predicted octanol–water partition coefficient (Wildman–Crippen LogP) is 3.39. The molecular formula is C20H25N3O2S. The number of hydrogen-bond donors (Lipinski definition) is 2. The van der Waals surface area contributed by atoms with Crippen molar-refractivity contribution < 1.29 is 9.59 Å². The van der Waals surface area contributed by atoms with E-state index in [0.29, 0.717) is 28.7 Å². The van der Waals surface area contributed by atoms with Gasteiger partial charge in [-0.2, -0.15) is 0 Å². The van der Waals surface area contributed by atoms with Gasteiger partial charge in [0.15, 0.2) is 0 Å². The fourth-order valence-corrected chi connectivity index (χ4v) is 3.98. The number of piperidine rings is 1. The summed E-state index contributed by atoms with van der Waals surface area (Å²) >= 11 is 1.38. The highest BCUT2D eigenvalue weighted by Gasteiger charge is 2.26. The van der Waals surface area contributed by atoms with Crippen molar-refractivity contribution in [1.29, 1.82) is 0 Å². The molecule has 1 atom stereocenters. The molecule has 2 aromatic rings. The molecule has 1 aliphatic heterocycles. The van der Waals surface area contributed by atoms with Crippen molar-refractivity contribution in [3.8, 4) is 0 Å². The minimum Gasteiger partial charge on any atom is -0.337 e. The Bertz CT molecular complexity index is 770. The molecule has 1 aromatic heterocycles. The van der Waals surface area contributed by atoms with Crippen molar-refractivity contribution in [3.63, 3.8) is 0 Å². The Balaban J connectivity index is 1.71. The van der Waals surface area contributed by atoms with Gasteiger partial charge in [0.2, 0.25) is 0 Å². The number of anilines is 1. The number of hydrogen-bond acceptors (Lipinski definition) is 4. The van der Waals surface area contributed by atoms with Crippen LogP contribution < -0.4 is 10.6 Å². The zero-order chi connectivity index (χ0) is 18.5. The highest BCUT2D eigenvalue weighted by molar-refractivity contribution is 7.14. The van der Waals surface area contributed by atoms with Gasteiger partial charge in [-0.25, -0.2) is 0 Å². The van der Waals surface area contributed by atoms with E-state index in [-0.39, 0.29) is 11.8 Å². The quantitative estimate of drug-likeness (QED) is 0.847. The van der Waals surface area contributed by atoms with Gasteiger partial charge in [-0.3, -0.25) is 9.59 Å². The molecule has 1 unspecified atom stereocenters. The van der Waals surface area contributed by atoms with E-state index in [1.807, 2.05) is 41.6 Å². The summed E-state index contributed by atoms with van der Waals surface area (Å²) in [5.41, 5.74) is 2.37. The SMILES string of the molecule is CCc1ccc(C(=O)Nc2sccc2C(=O)N2CCCC(NC)C2)cc1. The van der Waals surface area contributed by atoms with Crippen molar-refractivity contribution in [2.45, 2.75) is 32.2 Å². The van der Waals surface area contributed by atoms with Crippen LogP contribution in [0.1, 0.15) is 46.0 Å². The van der Waals surface area contributed by atoms with Crippen molar-refractivity contribution in [2.75, 3.05) is 25.5 Å². The summed E-state index contributed by atoms with van der Waals surface area (Å²) in [5, 5.41) is 8.62. The molecule has 2 N–H and O–H groups in total. The first-order chi connectivity index (χ1) is 12.6. The van der Waals surface area contributed by atoms with Gasteiger partial charge in [0.25, 0.3) is 11.8 Å². The number of thiophene rings is 1. The Hall–Kier alpha value is -2.18. The highest BCUT2D eigenvalue weighted by atomic mass is 32.1. The Kier molecular flexibility index (Phi) is 6.06. The van der Waals surface area contributed by atoms with Gasteiger partial charge < -0.3 is 15.5 Å². The predicted molar refractivity (Wildman–Crippen MR) is 106 cm³/mol. The van der Waals surface area contributed by atoms with Crippen LogP contribution in [0.25, 0.3) is 0 Å². The molecule has 0 bridgehead atoms. The summed E-state index contributed by atoms with van der Waals surface area (Å²) in [4.78, 5) is 27.3. The molecule has 1 saturated heterocycles. The van der Waals surface area contributed by atoms with Crippen LogP contribution in [0.15, 0.2) is 35.7 Å². The second-order valence-corrected chi connectivity index (χ2v) is 7.46. The van der Waals surface area contributed by atoms with E-state index in [0.717, 1.165) is 25.8 Å². The fraction of sp³-hybridized carbons (Fsp3) is 0.400. The highest BCUT2D eigenvalue weighted by Crippen LogP contribution is 2.26. The smallest absolute Gasteiger partial charge is 0.256 e. The molecular weight excluding hydrogens is 346 g/mol. The summed E-state index contributed by atoms with van der Waals surface area (Å²) in [5.74, 6) is -0.196. The zero-order valence-corrected chi connectivity index (χ0v) is 16.1. The van der Waals surface area contributed by atoms with Crippen LogP contribution in [0.3, 0.4) is 0 Å². The van der Waals surface area contributed by atoms with Gasteiger partial charge in [0.05, 0.1) is 5.56 Å². The van der Waals surface area contributed by atoms with Gasteiger partial charge in [-0.1, -0.05) is 19.1 Å². The molecule has 1 fully saturated rings. The topological polar surface area (TPSA) is 61.4 Å². The number of aryl methyl sites for hydroxylation is 1. The second-order valence-electron chi connectivity index (χ2n) is 6.55. The summed E-state index contributed by atoms with van der Waals surface area (Å²) < 4.78 is 0. The lowest BCUT2D eigenvalue weighted by atomic mass is 10.1. The maximum absolute atomic E-state index is 12.9. The van der Waals surface area contributed by atoms with Crippen molar-refractivity contribution in [1.82, 2.24) is 10.2 Å². The number of nitrogens with zero attached hydrogens (tertiary/aromatic N) is 1. The monoisotopic (exact) mass is 371 g/mol. The summed E-state index contributed by atoms with van der Waals surface area (Å²) in [7, 11) is 1.93. The average Bonchev–Trinajstić information content (AvgIpc) is 3.15. The molecule has 1 aromatic carbocycles. The molecule has 26 heavy (non-hydrogen) atoms.